The Kier molecular flexibility index (Phi) is 4.04. The summed E-state index contributed by atoms with van der Waals surface area (Å²) in [5.41, 5.74) is 1.65. The van der Waals surface area contributed by atoms with E-state index in [1.54, 1.807) is 24.3 Å². The van der Waals surface area contributed by atoms with Crippen LogP contribution in [0.3, 0.4) is 0 Å². The molecule has 2 aromatic rings. The van der Waals surface area contributed by atoms with Crippen molar-refractivity contribution in [2.24, 2.45) is 0 Å². The molecule has 92 valence electrons. The Balaban J connectivity index is 2.34. The van der Waals surface area contributed by atoms with Crippen molar-refractivity contribution in [2.75, 3.05) is 0 Å². The minimum atomic E-state index is 0.548. The highest BCUT2D eigenvalue weighted by molar-refractivity contribution is 9.10. The van der Waals surface area contributed by atoms with E-state index in [9.17, 15) is 4.79 Å². The number of hydrogen-bond acceptors (Lipinski definition) is 2. The number of benzene rings is 2. The summed E-state index contributed by atoms with van der Waals surface area (Å²) in [5.74, 6) is 1.21. The van der Waals surface area contributed by atoms with E-state index < -0.39 is 0 Å². The largest absolute Gasteiger partial charge is 0.455 e. The standard InChI is InChI=1S/C14H10BrClO2/c1-9-2-4-12(16)14(6-9)18-13-5-3-10(8-17)7-11(13)15/h2-8H,1H3. The molecule has 0 aromatic heterocycles. The monoisotopic (exact) mass is 324 g/mol. The quantitative estimate of drug-likeness (QED) is 0.741. The third-order valence-corrected chi connectivity index (χ3v) is 3.33. The SMILES string of the molecule is Cc1ccc(Cl)c(Oc2ccc(C=O)cc2Br)c1. The summed E-state index contributed by atoms with van der Waals surface area (Å²) in [6, 6.07) is 10.7. The van der Waals surface area contributed by atoms with Crippen LogP contribution in [0.4, 0.5) is 0 Å². The molecule has 0 atom stereocenters. The van der Waals surface area contributed by atoms with Crippen LogP contribution in [-0.2, 0) is 0 Å². The molecule has 18 heavy (non-hydrogen) atoms. The molecule has 0 spiro atoms. The second-order valence-corrected chi connectivity index (χ2v) is 5.11. The molecule has 0 unspecified atom stereocenters. The zero-order valence-corrected chi connectivity index (χ0v) is 12.0. The molecule has 2 nitrogen and oxygen atoms in total. The van der Waals surface area contributed by atoms with Gasteiger partial charge in [0.1, 0.15) is 17.8 Å². The van der Waals surface area contributed by atoms with E-state index in [4.69, 9.17) is 16.3 Å². The fraction of sp³-hybridized carbons (Fsp3) is 0.0714. The minimum absolute atomic E-state index is 0.548. The molecule has 2 rings (SSSR count). The maximum Gasteiger partial charge on any atom is 0.150 e. The zero-order chi connectivity index (χ0) is 13.1. The van der Waals surface area contributed by atoms with Gasteiger partial charge in [-0.15, -0.1) is 0 Å². The highest BCUT2D eigenvalue weighted by Gasteiger charge is 2.07. The van der Waals surface area contributed by atoms with E-state index in [0.717, 1.165) is 11.8 Å². The normalized spacial score (nSPS) is 10.2. The molecule has 0 aliphatic carbocycles. The summed E-state index contributed by atoms with van der Waals surface area (Å²) in [5, 5.41) is 0.548. The van der Waals surface area contributed by atoms with Gasteiger partial charge in [0.25, 0.3) is 0 Å². The second-order valence-electron chi connectivity index (χ2n) is 3.84. The Bertz CT molecular complexity index is 596. The van der Waals surface area contributed by atoms with E-state index in [0.29, 0.717) is 26.6 Å². The topological polar surface area (TPSA) is 26.3 Å². The van der Waals surface area contributed by atoms with Crippen LogP contribution in [0.5, 0.6) is 11.5 Å². The Labute approximate surface area is 119 Å². The van der Waals surface area contributed by atoms with Crippen molar-refractivity contribution < 1.29 is 9.53 Å². The molecule has 0 fully saturated rings. The molecule has 2 aromatic carbocycles. The molecule has 0 aliphatic rings. The average molecular weight is 326 g/mol. The molecule has 4 heteroatoms. The van der Waals surface area contributed by atoms with Crippen molar-refractivity contribution in [1.82, 2.24) is 0 Å². The zero-order valence-electron chi connectivity index (χ0n) is 9.61. The van der Waals surface area contributed by atoms with Crippen LogP contribution in [-0.4, -0.2) is 6.29 Å². The summed E-state index contributed by atoms with van der Waals surface area (Å²) in [4.78, 5) is 10.6. The number of hydrogen-bond donors (Lipinski definition) is 0. The number of ether oxygens (including phenoxy) is 1. The molecular formula is C14H10BrClO2. The van der Waals surface area contributed by atoms with Crippen molar-refractivity contribution in [3.8, 4) is 11.5 Å². The number of aldehydes is 1. The van der Waals surface area contributed by atoms with E-state index in [2.05, 4.69) is 15.9 Å². The maximum absolute atomic E-state index is 10.6. The molecular weight excluding hydrogens is 316 g/mol. The lowest BCUT2D eigenvalue weighted by Gasteiger charge is -2.10. The predicted octanol–water partition coefficient (Wildman–Crippen LogP) is 5.02. The summed E-state index contributed by atoms with van der Waals surface area (Å²) in [6.07, 6.45) is 0.786. The average Bonchev–Trinajstić information content (AvgIpc) is 2.36. The summed E-state index contributed by atoms with van der Waals surface area (Å²) >= 11 is 9.42. The van der Waals surface area contributed by atoms with Crippen molar-refractivity contribution >= 4 is 33.8 Å². The van der Waals surface area contributed by atoms with Gasteiger partial charge in [0, 0.05) is 5.56 Å². The Morgan fingerprint density at radius 3 is 2.61 bits per heavy atom. The van der Waals surface area contributed by atoms with E-state index in [-0.39, 0.29) is 0 Å². The minimum Gasteiger partial charge on any atom is -0.455 e. The second kappa shape index (κ2) is 5.55. The summed E-state index contributed by atoms with van der Waals surface area (Å²) < 4.78 is 6.44. The first kappa shape index (κ1) is 13.1. The molecule has 0 N–H and O–H groups in total. The fourth-order valence-electron chi connectivity index (χ4n) is 1.48. The van der Waals surface area contributed by atoms with E-state index in [1.165, 1.54) is 0 Å². The highest BCUT2D eigenvalue weighted by Crippen LogP contribution is 2.34. The van der Waals surface area contributed by atoms with Crippen LogP contribution in [0, 0.1) is 6.92 Å². The number of halogens is 2. The lowest BCUT2D eigenvalue weighted by Crippen LogP contribution is -1.89. The Morgan fingerprint density at radius 2 is 1.94 bits per heavy atom. The van der Waals surface area contributed by atoms with Gasteiger partial charge in [0.15, 0.2) is 0 Å². The summed E-state index contributed by atoms with van der Waals surface area (Å²) in [6.45, 7) is 1.97. The molecule has 0 saturated heterocycles. The summed E-state index contributed by atoms with van der Waals surface area (Å²) in [7, 11) is 0. The van der Waals surface area contributed by atoms with Crippen LogP contribution in [0.25, 0.3) is 0 Å². The predicted molar refractivity (Wildman–Crippen MR) is 75.8 cm³/mol. The van der Waals surface area contributed by atoms with Crippen LogP contribution >= 0.6 is 27.5 Å². The van der Waals surface area contributed by atoms with Gasteiger partial charge in [-0.3, -0.25) is 4.79 Å². The lowest BCUT2D eigenvalue weighted by molar-refractivity contribution is 0.112. The number of carbonyl (C=O) groups excluding carboxylic acids is 1. The van der Waals surface area contributed by atoms with Gasteiger partial charge in [0.2, 0.25) is 0 Å². The van der Waals surface area contributed by atoms with Gasteiger partial charge in [-0.05, 0) is 58.7 Å². The number of aryl methyl sites for hydroxylation is 1. The third kappa shape index (κ3) is 2.92. The maximum atomic E-state index is 10.6. The van der Waals surface area contributed by atoms with Gasteiger partial charge < -0.3 is 4.74 Å². The molecule has 0 amide bonds. The van der Waals surface area contributed by atoms with Crippen LogP contribution < -0.4 is 4.74 Å². The van der Waals surface area contributed by atoms with Gasteiger partial charge in [0.05, 0.1) is 9.50 Å². The third-order valence-electron chi connectivity index (χ3n) is 2.40. The number of carbonyl (C=O) groups is 1. The number of rotatable bonds is 3. The fourth-order valence-corrected chi connectivity index (χ4v) is 2.11. The first-order valence-corrected chi connectivity index (χ1v) is 6.46. The van der Waals surface area contributed by atoms with Crippen molar-refractivity contribution in [3.05, 3.63) is 57.0 Å². The molecule has 0 bridgehead atoms. The van der Waals surface area contributed by atoms with Crippen LogP contribution in [0.2, 0.25) is 5.02 Å². The molecule has 0 radical (unpaired) electrons. The Hall–Kier alpha value is -1.32. The van der Waals surface area contributed by atoms with Crippen molar-refractivity contribution in [3.63, 3.8) is 0 Å². The van der Waals surface area contributed by atoms with Crippen molar-refractivity contribution in [1.29, 1.82) is 0 Å². The first-order valence-electron chi connectivity index (χ1n) is 5.29. The van der Waals surface area contributed by atoms with E-state index >= 15 is 0 Å². The van der Waals surface area contributed by atoms with Crippen molar-refractivity contribution in [2.45, 2.75) is 6.92 Å². The van der Waals surface area contributed by atoms with E-state index in [1.807, 2.05) is 19.1 Å². The first-order chi connectivity index (χ1) is 8.60. The van der Waals surface area contributed by atoms with Gasteiger partial charge in [-0.2, -0.15) is 0 Å². The smallest absolute Gasteiger partial charge is 0.150 e. The molecule has 0 saturated carbocycles. The van der Waals surface area contributed by atoms with Gasteiger partial charge >= 0.3 is 0 Å². The molecule has 0 heterocycles. The Morgan fingerprint density at radius 1 is 1.17 bits per heavy atom. The van der Waals surface area contributed by atoms with Gasteiger partial charge in [-0.1, -0.05) is 17.7 Å². The highest BCUT2D eigenvalue weighted by atomic mass is 79.9. The van der Waals surface area contributed by atoms with Crippen LogP contribution in [0.1, 0.15) is 15.9 Å². The molecule has 0 aliphatic heterocycles. The lowest BCUT2D eigenvalue weighted by atomic mass is 10.2. The van der Waals surface area contributed by atoms with Gasteiger partial charge in [-0.25, -0.2) is 0 Å². The van der Waals surface area contributed by atoms with Crippen LogP contribution in [0.15, 0.2) is 40.9 Å².